The average molecular weight is 466 g/mol. The largest absolute Gasteiger partial charge is 0.448 e. The lowest BCUT2D eigenvalue weighted by Gasteiger charge is -2.66. The van der Waals surface area contributed by atoms with Crippen molar-refractivity contribution in [2.75, 3.05) is 13.1 Å². The first kappa shape index (κ1) is 18.3. The van der Waals surface area contributed by atoms with Crippen molar-refractivity contribution >= 4 is 23.1 Å². The van der Waals surface area contributed by atoms with E-state index in [1.165, 1.54) is 23.1 Å². The zero-order valence-corrected chi connectivity index (χ0v) is 18.0. The topological polar surface area (TPSA) is 126 Å². The number of aromatic amines is 1. The minimum atomic E-state index is -0.981. The van der Waals surface area contributed by atoms with Gasteiger partial charge >= 0.3 is 0 Å². The van der Waals surface area contributed by atoms with E-state index in [1.807, 2.05) is 29.1 Å². The van der Waals surface area contributed by atoms with Gasteiger partial charge in [-0.1, -0.05) is 4.49 Å². The third kappa shape index (κ3) is 2.11. The molecule has 0 saturated carbocycles. The molecular weight excluding hydrogens is 450 g/mol. The van der Waals surface area contributed by atoms with Crippen LogP contribution in [0.4, 0.5) is 0 Å². The Morgan fingerprint density at radius 1 is 1.12 bits per heavy atom. The van der Waals surface area contributed by atoms with Crippen LogP contribution >= 0.6 is 23.1 Å². The van der Waals surface area contributed by atoms with E-state index in [2.05, 4.69) is 46.0 Å². The molecule has 7 rings (SSSR count). The van der Waals surface area contributed by atoms with Gasteiger partial charge in [0.2, 0.25) is 5.89 Å². The van der Waals surface area contributed by atoms with Crippen LogP contribution in [0, 0.1) is 0 Å². The molecule has 3 unspecified atom stereocenters. The van der Waals surface area contributed by atoms with Gasteiger partial charge in [0, 0.05) is 41.0 Å². The number of aromatic nitrogens is 7. The summed E-state index contributed by atoms with van der Waals surface area (Å²) in [5.41, 5.74) is 1.20. The Labute approximate surface area is 189 Å². The fourth-order valence-electron chi connectivity index (χ4n) is 5.16. The molecule has 0 spiro atoms. The van der Waals surface area contributed by atoms with Gasteiger partial charge in [-0.3, -0.25) is 0 Å². The second kappa shape index (κ2) is 6.62. The number of nitrogens with one attached hydrogen (secondary N) is 1. The van der Waals surface area contributed by atoms with E-state index in [-0.39, 0.29) is 6.04 Å². The van der Waals surface area contributed by atoms with Gasteiger partial charge < -0.3 is 13.9 Å². The molecule has 2 fully saturated rings. The van der Waals surface area contributed by atoms with E-state index in [1.54, 1.807) is 18.7 Å². The van der Waals surface area contributed by atoms with Crippen LogP contribution in [0.3, 0.4) is 0 Å². The first-order valence-corrected chi connectivity index (χ1v) is 11.6. The number of oxazole rings is 1. The second-order valence-corrected chi connectivity index (χ2v) is 8.92. The van der Waals surface area contributed by atoms with Crippen molar-refractivity contribution in [3.05, 3.63) is 82.5 Å². The summed E-state index contributed by atoms with van der Waals surface area (Å²) in [5.74, 6) is 0.511. The van der Waals surface area contributed by atoms with Crippen LogP contribution in [0.2, 0.25) is 0 Å². The van der Waals surface area contributed by atoms with Gasteiger partial charge in [0.1, 0.15) is 34.9 Å². The maximum absolute atomic E-state index is 6.06. The summed E-state index contributed by atoms with van der Waals surface area (Å²) >= 11 is 2.66. The Morgan fingerprint density at radius 3 is 2.72 bits per heavy atom. The molecule has 32 heavy (non-hydrogen) atoms. The van der Waals surface area contributed by atoms with Gasteiger partial charge in [0.15, 0.2) is 0 Å². The van der Waals surface area contributed by atoms with Gasteiger partial charge in [-0.2, -0.15) is 4.37 Å². The smallest absolute Gasteiger partial charge is 0.211 e. The molecule has 2 aliphatic heterocycles. The van der Waals surface area contributed by atoms with Crippen LogP contribution in [-0.2, 0) is 11.0 Å². The number of hydrazine groups is 1. The molecule has 5 aromatic heterocycles. The Morgan fingerprint density at radius 2 is 2.09 bits per heavy atom. The Balaban J connectivity index is 1.64. The zero-order valence-electron chi connectivity index (χ0n) is 16.4. The molecule has 3 atom stereocenters. The third-order valence-electron chi connectivity index (χ3n) is 6.29. The molecule has 160 valence electrons. The lowest BCUT2D eigenvalue weighted by atomic mass is 9.51. The van der Waals surface area contributed by atoms with Crippen molar-refractivity contribution in [1.29, 1.82) is 0 Å². The number of hydrogen-bond donors (Lipinski definition) is 1. The molecule has 2 aliphatic rings. The van der Waals surface area contributed by atoms with Crippen molar-refractivity contribution in [3.63, 3.8) is 0 Å². The quantitative estimate of drug-likeness (QED) is 0.373. The second-order valence-electron chi connectivity index (χ2n) is 7.65. The van der Waals surface area contributed by atoms with Crippen molar-refractivity contribution in [2.45, 2.75) is 17.0 Å². The standard InChI is InChI=1S/C19H15N9O2S2/c1-2-12(20-4-1)16-18(13-3-9-31-24-13,17-21-5-8-29-17)19(14-10-30-25-22-14,15-11-32-26-23-15)28(16)27-6-7-27/h1-5,8-11,16,20H,6-7H2. The number of H-pyrrole nitrogens is 1. The van der Waals surface area contributed by atoms with Crippen LogP contribution in [0.5, 0.6) is 0 Å². The summed E-state index contributed by atoms with van der Waals surface area (Å²) in [6.45, 7) is 1.81. The Hall–Kier alpha value is -3.26. The molecule has 0 radical (unpaired) electrons. The molecule has 2 saturated heterocycles. The molecule has 0 aliphatic carbocycles. The first-order valence-electron chi connectivity index (χ1n) is 9.92. The highest BCUT2D eigenvalue weighted by Crippen LogP contribution is 2.71. The van der Waals surface area contributed by atoms with Crippen LogP contribution in [-0.4, -0.2) is 57.4 Å². The minimum absolute atomic E-state index is 0.223. The summed E-state index contributed by atoms with van der Waals surface area (Å²) in [6.07, 6.45) is 6.71. The van der Waals surface area contributed by atoms with E-state index in [0.29, 0.717) is 17.3 Å². The molecule has 1 N–H and O–H groups in total. The van der Waals surface area contributed by atoms with Crippen LogP contribution < -0.4 is 0 Å². The lowest BCUT2D eigenvalue weighted by molar-refractivity contribution is -0.226. The van der Waals surface area contributed by atoms with Crippen molar-refractivity contribution in [1.82, 2.24) is 44.3 Å². The predicted octanol–water partition coefficient (Wildman–Crippen LogP) is 2.21. The highest BCUT2D eigenvalue weighted by molar-refractivity contribution is 7.03. The maximum atomic E-state index is 6.06. The van der Waals surface area contributed by atoms with Gasteiger partial charge in [-0.25, -0.2) is 15.0 Å². The third-order valence-corrected chi connectivity index (χ3v) is 7.35. The SMILES string of the molecule is c1c[nH]c(C2N(N3CC3)C(c3conn3)(c3csnn3)C2(c2ccsn2)c2ncco2)c1. The number of nitrogens with zero attached hydrogens (tertiary/aromatic N) is 8. The highest BCUT2D eigenvalue weighted by atomic mass is 32.1. The number of rotatable bonds is 6. The summed E-state index contributed by atoms with van der Waals surface area (Å²) in [7, 11) is 0. The van der Waals surface area contributed by atoms with E-state index in [0.717, 1.165) is 24.5 Å². The van der Waals surface area contributed by atoms with Crippen LogP contribution in [0.25, 0.3) is 0 Å². The van der Waals surface area contributed by atoms with Crippen LogP contribution in [0.15, 0.2) is 62.8 Å². The first-order chi connectivity index (χ1) is 15.9. The highest BCUT2D eigenvalue weighted by Gasteiger charge is 2.81. The lowest BCUT2D eigenvalue weighted by Crippen LogP contribution is -2.78. The fraction of sp³-hybridized carbons (Fsp3) is 0.263. The number of hydrogen-bond acceptors (Lipinski definition) is 12. The molecule has 13 heteroatoms. The molecule has 0 bridgehead atoms. The molecule has 0 aromatic carbocycles. The summed E-state index contributed by atoms with van der Waals surface area (Å²) in [6, 6.07) is 5.83. The normalized spacial score (nSPS) is 28.1. The summed E-state index contributed by atoms with van der Waals surface area (Å²) < 4.78 is 20.3. The Bertz CT molecular complexity index is 1230. The van der Waals surface area contributed by atoms with Crippen molar-refractivity contribution in [2.24, 2.45) is 0 Å². The van der Waals surface area contributed by atoms with Gasteiger partial charge in [-0.15, -0.1) is 10.2 Å². The molecule has 5 aromatic rings. The van der Waals surface area contributed by atoms with E-state index in [9.17, 15) is 0 Å². The monoisotopic (exact) mass is 465 g/mol. The fourth-order valence-corrected chi connectivity index (χ4v) is 6.23. The van der Waals surface area contributed by atoms with E-state index < -0.39 is 11.0 Å². The summed E-state index contributed by atoms with van der Waals surface area (Å²) in [5, 5.41) is 21.2. The van der Waals surface area contributed by atoms with E-state index >= 15 is 0 Å². The predicted molar refractivity (Wildman–Crippen MR) is 111 cm³/mol. The molecule has 0 amide bonds. The average Bonchev–Trinajstić information content (AvgIpc) is 3.49. The van der Waals surface area contributed by atoms with Gasteiger partial charge in [0.05, 0.1) is 17.9 Å². The van der Waals surface area contributed by atoms with Gasteiger partial charge in [0.25, 0.3) is 0 Å². The van der Waals surface area contributed by atoms with E-state index in [4.69, 9.17) is 13.3 Å². The van der Waals surface area contributed by atoms with Gasteiger partial charge in [-0.05, 0) is 41.3 Å². The van der Waals surface area contributed by atoms with Crippen molar-refractivity contribution < 1.29 is 8.94 Å². The summed E-state index contributed by atoms with van der Waals surface area (Å²) in [4.78, 5) is 8.07. The van der Waals surface area contributed by atoms with Crippen LogP contribution in [0.1, 0.15) is 34.7 Å². The molecular formula is C19H15N9O2S2. The van der Waals surface area contributed by atoms with Crippen molar-refractivity contribution in [3.8, 4) is 0 Å². The Kier molecular flexibility index (Phi) is 3.79. The maximum Gasteiger partial charge on any atom is 0.211 e. The molecule has 7 heterocycles. The minimum Gasteiger partial charge on any atom is -0.448 e. The molecule has 11 nitrogen and oxygen atoms in total. The zero-order chi connectivity index (χ0) is 21.2.